The van der Waals surface area contributed by atoms with E-state index in [1.54, 1.807) is 0 Å². The third kappa shape index (κ3) is 3.27. The summed E-state index contributed by atoms with van der Waals surface area (Å²) in [5.41, 5.74) is -0.510. The van der Waals surface area contributed by atoms with Crippen LogP contribution in [-0.2, 0) is 4.74 Å². The van der Waals surface area contributed by atoms with Gasteiger partial charge < -0.3 is 14.9 Å². The topological polar surface area (TPSA) is 53.0 Å². The van der Waals surface area contributed by atoms with E-state index >= 15 is 0 Å². The van der Waals surface area contributed by atoms with Gasteiger partial charge in [-0.2, -0.15) is 0 Å². The molecule has 0 radical (unpaired) electrons. The van der Waals surface area contributed by atoms with Crippen LogP contribution < -0.4 is 0 Å². The second kappa shape index (κ2) is 4.86. The lowest BCUT2D eigenvalue weighted by atomic mass is 9.79. The van der Waals surface area contributed by atoms with E-state index in [9.17, 15) is 10.2 Å². The molecule has 0 aromatic heterocycles. The molecule has 3 heteroatoms. The van der Waals surface area contributed by atoms with Crippen LogP contribution in [0.3, 0.4) is 0 Å². The summed E-state index contributed by atoms with van der Waals surface area (Å²) in [6, 6.07) is 0. The normalized spacial score (nSPS) is 36.4. The Morgan fingerprint density at radius 2 is 1.94 bits per heavy atom. The van der Waals surface area contributed by atoms with Gasteiger partial charge in [-0.1, -0.05) is 13.8 Å². The minimum Gasteiger partial charge on any atom is -0.456 e. The molecule has 0 fully saturated rings. The molecule has 104 valence electrons. The first-order chi connectivity index (χ1) is 8.34. The zero-order valence-electron chi connectivity index (χ0n) is 11.8. The highest BCUT2D eigenvalue weighted by molar-refractivity contribution is 5.27. The maximum atomic E-state index is 10.4. The Kier molecular flexibility index (Phi) is 3.75. The van der Waals surface area contributed by atoms with Crippen LogP contribution in [0.4, 0.5) is 0 Å². The molecule has 1 aliphatic heterocycles. The van der Waals surface area contributed by atoms with Crippen molar-refractivity contribution >= 4 is 0 Å². The fourth-order valence-electron chi connectivity index (χ4n) is 2.91. The van der Waals surface area contributed by atoms with Gasteiger partial charge in [0.25, 0.3) is 0 Å². The van der Waals surface area contributed by atoms with Crippen molar-refractivity contribution in [3.8, 4) is 0 Å². The SMILES string of the molecule is CC1(C)CCCC(C)(O)C2=C(CC(CO)CC1)O2. The van der Waals surface area contributed by atoms with Crippen molar-refractivity contribution in [2.45, 2.75) is 64.9 Å². The largest absolute Gasteiger partial charge is 0.456 e. The molecule has 2 aliphatic rings. The summed E-state index contributed by atoms with van der Waals surface area (Å²) in [4.78, 5) is 0. The van der Waals surface area contributed by atoms with Gasteiger partial charge in [-0.3, -0.25) is 0 Å². The van der Waals surface area contributed by atoms with Crippen LogP contribution >= 0.6 is 0 Å². The zero-order chi connectivity index (χ0) is 13.4. The van der Waals surface area contributed by atoms with Crippen LogP contribution in [0.15, 0.2) is 11.5 Å². The lowest BCUT2D eigenvalue weighted by molar-refractivity contribution is 0.0625. The number of hydrogen-bond acceptors (Lipinski definition) is 3. The lowest BCUT2D eigenvalue weighted by Gasteiger charge is -2.27. The molecule has 2 unspecified atom stereocenters. The molecule has 0 saturated heterocycles. The van der Waals surface area contributed by atoms with E-state index in [2.05, 4.69) is 13.8 Å². The molecule has 0 amide bonds. The molecule has 0 spiro atoms. The Morgan fingerprint density at radius 1 is 1.22 bits per heavy atom. The summed E-state index contributed by atoms with van der Waals surface area (Å²) in [5.74, 6) is 1.95. The molecule has 1 heterocycles. The molecule has 3 nitrogen and oxygen atoms in total. The van der Waals surface area contributed by atoms with Crippen molar-refractivity contribution < 1.29 is 14.9 Å². The first kappa shape index (κ1) is 13.9. The van der Waals surface area contributed by atoms with Crippen molar-refractivity contribution in [3.05, 3.63) is 11.5 Å². The second-order valence-corrected chi connectivity index (χ2v) is 6.94. The average Bonchev–Trinajstić information content (AvgIpc) is 3.02. The summed E-state index contributed by atoms with van der Waals surface area (Å²) in [7, 11) is 0. The molecule has 18 heavy (non-hydrogen) atoms. The van der Waals surface area contributed by atoms with Crippen LogP contribution in [0.25, 0.3) is 0 Å². The van der Waals surface area contributed by atoms with Crippen LogP contribution in [0, 0.1) is 11.3 Å². The van der Waals surface area contributed by atoms with E-state index in [1.165, 1.54) is 0 Å². The Bertz CT molecular complexity index is 342. The van der Waals surface area contributed by atoms with E-state index in [1.807, 2.05) is 6.92 Å². The first-order valence-corrected chi connectivity index (χ1v) is 7.09. The zero-order valence-corrected chi connectivity index (χ0v) is 11.8. The van der Waals surface area contributed by atoms with Gasteiger partial charge in [-0.05, 0) is 50.4 Å². The van der Waals surface area contributed by atoms with Gasteiger partial charge in [-0.25, -0.2) is 0 Å². The molecule has 1 aliphatic carbocycles. The Labute approximate surface area is 110 Å². The quantitative estimate of drug-likeness (QED) is 0.756. The van der Waals surface area contributed by atoms with E-state index in [-0.39, 0.29) is 12.5 Å². The predicted octanol–water partition coefficient (Wildman–Crippen LogP) is 2.97. The summed E-state index contributed by atoms with van der Waals surface area (Å²) in [6.07, 6.45) is 5.83. The predicted molar refractivity (Wildman–Crippen MR) is 70.8 cm³/mol. The van der Waals surface area contributed by atoms with E-state index in [0.29, 0.717) is 5.41 Å². The number of allylic oxidation sites excluding steroid dienone is 1. The molecule has 0 aromatic rings. The number of aliphatic hydroxyl groups excluding tert-OH is 1. The molecular weight excluding hydrogens is 228 g/mol. The minimum atomic E-state index is -0.810. The van der Waals surface area contributed by atoms with Crippen molar-refractivity contribution in [2.24, 2.45) is 11.3 Å². The molecule has 0 aromatic carbocycles. The van der Waals surface area contributed by atoms with E-state index in [4.69, 9.17) is 4.74 Å². The molecule has 2 N–H and O–H groups in total. The molecular formula is C15H26O3. The number of hydrogen-bond donors (Lipinski definition) is 2. The standard InChI is InChI=1S/C15H26O3/c1-14(2)6-4-7-15(3,17)13-12(18-13)9-11(10-16)5-8-14/h11,16-17H,4-10H2,1-3H3. The van der Waals surface area contributed by atoms with Gasteiger partial charge in [0, 0.05) is 13.0 Å². The van der Waals surface area contributed by atoms with Crippen molar-refractivity contribution in [2.75, 3.05) is 6.61 Å². The Hall–Kier alpha value is -0.540. The third-order valence-electron chi connectivity index (χ3n) is 4.40. The van der Waals surface area contributed by atoms with E-state index in [0.717, 1.165) is 50.0 Å². The highest BCUT2D eigenvalue weighted by Crippen LogP contribution is 2.44. The second-order valence-electron chi connectivity index (χ2n) is 6.94. The monoisotopic (exact) mass is 254 g/mol. The van der Waals surface area contributed by atoms with Crippen LogP contribution in [0.2, 0.25) is 0 Å². The average molecular weight is 254 g/mol. The van der Waals surface area contributed by atoms with Gasteiger partial charge in [0.1, 0.15) is 11.4 Å². The first-order valence-electron chi connectivity index (χ1n) is 7.09. The van der Waals surface area contributed by atoms with Gasteiger partial charge in [0.2, 0.25) is 0 Å². The van der Waals surface area contributed by atoms with E-state index < -0.39 is 5.60 Å². The fourth-order valence-corrected chi connectivity index (χ4v) is 2.91. The number of ether oxygens (including phenoxy) is 1. The van der Waals surface area contributed by atoms with Crippen LogP contribution in [-0.4, -0.2) is 22.4 Å². The Balaban J connectivity index is 2.10. The Morgan fingerprint density at radius 3 is 2.61 bits per heavy atom. The number of rotatable bonds is 1. The molecule has 0 saturated carbocycles. The van der Waals surface area contributed by atoms with Gasteiger partial charge in [-0.15, -0.1) is 0 Å². The highest BCUT2D eigenvalue weighted by atomic mass is 16.6. The maximum Gasteiger partial charge on any atom is 0.173 e. The summed E-state index contributed by atoms with van der Waals surface area (Å²) in [5, 5.41) is 19.8. The van der Waals surface area contributed by atoms with Gasteiger partial charge >= 0.3 is 0 Å². The van der Waals surface area contributed by atoms with Gasteiger partial charge in [0.15, 0.2) is 5.76 Å². The van der Waals surface area contributed by atoms with Crippen molar-refractivity contribution in [1.29, 1.82) is 0 Å². The molecule has 0 bridgehead atoms. The van der Waals surface area contributed by atoms with Crippen LogP contribution in [0.1, 0.15) is 59.3 Å². The summed E-state index contributed by atoms with van der Waals surface area (Å²) >= 11 is 0. The smallest absolute Gasteiger partial charge is 0.173 e. The summed E-state index contributed by atoms with van der Waals surface area (Å²) in [6.45, 7) is 6.61. The van der Waals surface area contributed by atoms with Crippen molar-refractivity contribution in [3.63, 3.8) is 0 Å². The molecule has 2 atom stereocenters. The fraction of sp³-hybridized carbons (Fsp3) is 0.867. The summed E-state index contributed by atoms with van der Waals surface area (Å²) < 4.78 is 5.46. The maximum absolute atomic E-state index is 10.4. The lowest BCUT2D eigenvalue weighted by Crippen LogP contribution is -2.24. The molecule has 2 rings (SSSR count). The number of aliphatic hydroxyl groups is 2. The van der Waals surface area contributed by atoms with Crippen molar-refractivity contribution in [1.82, 2.24) is 0 Å². The minimum absolute atomic E-state index is 0.207. The third-order valence-corrected chi connectivity index (χ3v) is 4.40. The highest BCUT2D eigenvalue weighted by Gasteiger charge is 2.42. The van der Waals surface area contributed by atoms with Crippen LogP contribution in [0.5, 0.6) is 0 Å². The van der Waals surface area contributed by atoms with Gasteiger partial charge in [0.05, 0.1) is 0 Å².